The van der Waals surface area contributed by atoms with E-state index in [9.17, 15) is 19.7 Å². The van der Waals surface area contributed by atoms with Crippen molar-refractivity contribution in [3.8, 4) is 0 Å². The highest BCUT2D eigenvalue weighted by atomic mass is 16.6. The first-order valence-electron chi connectivity index (χ1n) is 9.48. The van der Waals surface area contributed by atoms with Crippen LogP contribution in [0.1, 0.15) is 27.9 Å². The molecule has 7 heteroatoms. The Morgan fingerprint density at radius 3 is 1.93 bits per heavy atom. The summed E-state index contributed by atoms with van der Waals surface area (Å²) in [5.74, 6) is -1.44. The van der Waals surface area contributed by atoms with E-state index in [4.69, 9.17) is 0 Å². The van der Waals surface area contributed by atoms with Gasteiger partial charge < -0.3 is 0 Å². The molecule has 1 atom stereocenters. The van der Waals surface area contributed by atoms with Crippen LogP contribution in [0.5, 0.6) is 0 Å². The molecule has 150 valence electrons. The van der Waals surface area contributed by atoms with Gasteiger partial charge in [0.1, 0.15) is 5.56 Å². The lowest BCUT2D eigenvalue weighted by atomic mass is 9.85. The van der Waals surface area contributed by atoms with Crippen LogP contribution in [0.25, 0.3) is 0 Å². The molecule has 30 heavy (non-hydrogen) atoms. The van der Waals surface area contributed by atoms with Crippen LogP contribution < -0.4 is 10.9 Å². The first-order valence-corrected chi connectivity index (χ1v) is 9.48. The molecule has 0 saturated heterocycles. The minimum atomic E-state index is -0.735. The lowest BCUT2D eigenvalue weighted by molar-refractivity contribution is -0.385. The Hall–Kier alpha value is -4.00. The predicted octanol–water partition coefficient (Wildman–Crippen LogP) is 3.36. The Labute approximate surface area is 172 Å². The maximum Gasteiger partial charge on any atom is 0.282 e. The SMILES string of the molecule is O=C(NNC(=O)C1CC1(c1ccccc1)c1ccccc1)c1ccccc1[N+](=O)[O-]. The number of para-hydroxylation sites is 1. The largest absolute Gasteiger partial charge is 0.282 e. The normalized spacial score (nSPS) is 16.3. The minimum absolute atomic E-state index is 0.115. The van der Waals surface area contributed by atoms with E-state index in [1.807, 2.05) is 60.7 Å². The van der Waals surface area contributed by atoms with Gasteiger partial charge >= 0.3 is 0 Å². The molecule has 1 unspecified atom stereocenters. The monoisotopic (exact) mass is 401 g/mol. The first-order chi connectivity index (χ1) is 14.5. The highest BCUT2D eigenvalue weighted by Gasteiger charge is 2.60. The van der Waals surface area contributed by atoms with Gasteiger partial charge in [0.15, 0.2) is 0 Å². The molecule has 0 aliphatic heterocycles. The molecule has 1 aliphatic rings. The number of benzene rings is 3. The second-order valence-corrected chi connectivity index (χ2v) is 7.18. The zero-order valence-corrected chi connectivity index (χ0v) is 15.9. The molecule has 1 saturated carbocycles. The van der Waals surface area contributed by atoms with Crippen LogP contribution in [0.15, 0.2) is 84.9 Å². The van der Waals surface area contributed by atoms with E-state index < -0.39 is 16.2 Å². The number of amides is 2. The van der Waals surface area contributed by atoms with Gasteiger partial charge in [-0.3, -0.25) is 30.6 Å². The van der Waals surface area contributed by atoms with E-state index in [0.717, 1.165) is 11.1 Å². The third-order valence-corrected chi connectivity index (χ3v) is 5.50. The van der Waals surface area contributed by atoms with E-state index in [2.05, 4.69) is 10.9 Å². The Morgan fingerprint density at radius 1 is 0.833 bits per heavy atom. The number of nitro groups is 1. The van der Waals surface area contributed by atoms with E-state index in [0.29, 0.717) is 6.42 Å². The molecule has 2 N–H and O–H groups in total. The van der Waals surface area contributed by atoms with Crippen LogP contribution in [0.4, 0.5) is 5.69 Å². The summed E-state index contributed by atoms with van der Waals surface area (Å²) in [7, 11) is 0. The van der Waals surface area contributed by atoms with E-state index in [-0.39, 0.29) is 23.1 Å². The summed E-state index contributed by atoms with van der Waals surface area (Å²) >= 11 is 0. The van der Waals surface area contributed by atoms with Crippen molar-refractivity contribution in [2.45, 2.75) is 11.8 Å². The number of hydrogen-bond acceptors (Lipinski definition) is 4. The molecular weight excluding hydrogens is 382 g/mol. The number of carbonyl (C=O) groups is 2. The fourth-order valence-corrected chi connectivity index (χ4v) is 3.95. The third kappa shape index (κ3) is 3.41. The zero-order chi connectivity index (χ0) is 21.1. The molecule has 0 heterocycles. The number of hydrazine groups is 1. The average Bonchev–Trinajstić information content (AvgIpc) is 3.55. The summed E-state index contributed by atoms with van der Waals surface area (Å²) in [5.41, 5.74) is 5.92. The molecule has 3 aromatic carbocycles. The second-order valence-electron chi connectivity index (χ2n) is 7.18. The van der Waals surface area contributed by atoms with Crippen molar-refractivity contribution in [1.82, 2.24) is 10.9 Å². The number of hydrogen-bond donors (Lipinski definition) is 2. The first kappa shape index (κ1) is 19.3. The third-order valence-electron chi connectivity index (χ3n) is 5.50. The van der Waals surface area contributed by atoms with Crippen molar-refractivity contribution in [1.29, 1.82) is 0 Å². The molecule has 4 rings (SSSR count). The minimum Gasteiger partial charge on any atom is -0.273 e. The van der Waals surface area contributed by atoms with Gasteiger partial charge in [-0.15, -0.1) is 0 Å². The van der Waals surface area contributed by atoms with Gasteiger partial charge in [-0.25, -0.2) is 0 Å². The topological polar surface area (TPSA) is 101 Å². The molecule has 7 nitrogen and oxygen atoms in total. The summed E-state index contributed by atoms with van der Waals surface area (Å²) in [4.78, 5) is 35.7. The summed E-state index contributed by atoms with van der Waals surface area (Å²) in [6.07, 6.45) is 0.605. The average molecular weight is 401 g/mol. The van der Waals surface area contributed by atoms with Crippen molar-refractivity contribution in [2.75, 3.05) is 0 Å². The summed E-state index contributed by atoms with van der Waals surface area (Å²) in [6, 6.07) is 25.1. The summed E-state index contributed by atoms with van der Waals surface area (Å²) in [6.45, 7) is 0. The Bertz CT molecular complexity index is 1060. The fourth-order valence-electron chi connectivity index (χ4n) is 3.95. The van der Waals surface area contributed by atoms with Crippen molar-refractivity contribution < 1.29 is 14.5 Å². The van der Waals surface area contributed by atoms with Crippen LogP contribution in [0.3, 0.4) is 0 Å². The molecular formula is C23H19N3O4. The maximum atomic E-state index is 12.9. The van der Waals surface area contributed by atoms with Crippen molar-refractivity contribution >= 4 is 17.5 Å². The highest BCUT2D eigenvalue weighted by molar-refractivity contribution is 5.99. The Kier molecular flexibility index (Phi) is 5.02. The standard InChI is InChI=1S/C23H19N3O4/c27-21(18-13-7-8-14-20(18)26(29)30)24-25-22(28)19-15-23(19,16-9-3-1-4-10-16)17-11-5-2-6-12-17/h1-14,19H,15H2,(H,24,27)(H,25,28). The van der Waals surface area contributed by atoms with E-state index >= 15 is 0 Å². The predicted molar refractivity (Wildman–Crippen MR) is 110 cm³/mol. The summed E-state index contributed by atoms with van der Waals surface area (Å²) < 4.78 is 0. The molecule has 0 spiro atoms. The molecule has 1 aliphatic carbocycles. The van der Waals surface area contributed by atoms with Gasteiger partial charge in [0, 0.05) is 11.5 Å². The van der Waals surface area contributed by atoms with Gasteiger partial charge in [-0.2, -0.15) is 0 Å². The van der Waals surface area contributed by atoms with Crippen LogP contribution >= 0.6 is 0 Å². The molecule has 0 radical (unpaired) electrons. The Morgan fingerprint density at radius 2 is 1.37 bits per heavy atom. The Balaban J connectivity index is 1.52. The molecule has 1 fully saturated rings. The van der Waals surface area contributed by atoms with Crippen molar-refractivity contribution in [2.24, 2.45) is 5.92 Å². The van der Waals surface area contributed by atoms with E-state index in [1.165, 1.54) is 24.3 Å². The number of carbonyl (C=O) groups excluding carboxylic acids is 2. The van der Waals surface area contributed by atoms with Crippen LogP contribution in [0, 0.1) is 16.0 Å². The van der Waals surface area contributed by atoms with Gasteiger partial charge in [-0.05, 0) is 23.6 Å². The number of nitrogens with zero attached hydrogens (tertiary/aromatic N) is 1. The maximum absolute atomic E-state index is 12.9. The number of nitrogens with one attached hydrogen (secondary N) is 2. The lowest BCUT2D eigenvalue weighted by Crippen LogP contribution is -2.43. The van der Waals surface area contributed by atoms with Gasteiger partial charge in [-0.1, -0.05) is 72.8 Å². The molecule has 2 amide bonds. The highest BCUT2D eigenvalue weighted by Crippen LogP contribution is 2.58. The molecule has 0 bridgehead atoms. The fraction of sp³-hybridized carbons (Fsp3) is 0.130. The van der Waals surface area contributed by atoms with Crippen LogP contribution in [0.2, 0.25) is 0 Å². The molecule has 3 aromatic rings. The van der Waals surface area contributed by atoms with Crippen molar-refractivity contribution in [3.63, 3.8) is 0 Å². The number of rotatable bonds is 5. The van der Waals surface area contributed by atoms with Crippen molar-refractivity contribution in [3.05, 3.63) is 112 Å². The van der Waals surface area contributed by atoms with E-state index in [1.54, 1.807) is 0 Å². The van der Waals surface area contributed by atoms with Crippen LogP contribution in [-0.4, -0.2) is 16.7 Å². The lowest BCUT2D eigenvalue weighted by Gasteiger charge is -2.19. The van der Waals surface area contributed by atoms with Crippen LogP contribution in [-0.2, 0) is 10.2 Å². The molecule has 0 aromatic heterocycles. The number of nitro benzene ring substituents is 1. The summed E-state index contributed by atoms with van der Waals surface area (Å²) in [5, 5.41) is 11.1. The smallest absolute Gasteiger partial charge is 0.273 e. The quantitative estimate of drug-likeness (QED) is 0.506. The van der Waals surface area contributed by atoms with Gasteiger partial charge in [0.2, 0.25) is 5.91 Å². The van der Waals surface area contributed by atoms with Gasteiger partial charge in [0.05, 0.1) is 10.8 Å². The van der Waals surface area contributed by atoms with Gasteiger partial charge in [0.25, 0.3) is 11.6 Å². The zero-order valence-electron chi connectivity index (χ0n) is 15.9. The second kappa shape index (κ2) is 7.79.